The van der Waals surface area contributed by atoms with Gasteiger partial charge in [0.1, 0.15) is 12.2 Å². The number of hydrogen-bond donors (Lipinski definition) is 1. The van der Waals surface area contributed by atoms with E-state index >= 15 is 0 Å². The lowest BCUT2D eigenvalue weighted by molar-refractivity contribution is -0.121. The predicted molar refractivity (Wildman–Crippen MR) is 46.0 cm³/mol. The molecule has 0 aromatic carbocycles. The highest BCUT2D eigenvalue weighted by Gasteiger charge is 2.16. The first-order valence-corrected chi connectivity index (χ1v) is 4.07. The largest absolute Gasteiger partial charge is 0.358 e. The molecule has 0 atom stereocenters. The lowest BCUT2D eigenvalue weighted by Gasteiger charge is -2.04. The number of aromatic nitrogens is 2. The lowest BCUT2D eigenvalue weighted by Crippen LogP contribution is -2.25. The van der Waals surface area contributed by atoms with Crippen LogP contribution in [0.1, 0.15) is 17.8 Å². The number of likely N-dealkylation sites (N-methyl/N-ethyl adjacent to an activating group) is 1. The fourth-order valence-electron chi connectivity index (χ4n) is 1.08. The van der Waals surface area contributed by atoms with Crippen molar-refractivity contribution in [1.82, 2.24) is 15.1 Å². The molecule has 1 rings (SSSR count). The smallest absolute Gasteiger partial charge is 0.280 e. The summed E-state index contributed by atoms with van der Waals surface area (Å²) in [5.41, 5.74) is 0.246. The number of hydrogen-bond acceptors (Lipinski definition) is 2. The Hall–Kier alpha value is -1.46. The van der Waals surface area contributed by atoms with Crippen LogP contribution in [-0.4, -0.2) is 22.7 Å². The molecule has 0 saturated carbocycles. The Kier molecular flexibility index (Phi) is 3.16. The molecule has 0 radical (unpaired) electrons. The number of carbonyl (C=O) groups is 1. The highest BCUT2D eigenvalue weighted by molar-refractivity contribution is 5.75. The van der Waals surface area contributed by atoms with Crippen LogP contribution in [0.25, 0.3) is 0 Å². The van der Waals surface area contributed by atoms with Crippen molar-refractivity contribution in [2.75, 3.05) is 7.05 Å². The van der Waals surface area contributed by atoms with Gasteiger partial charge < -0.3 is 5.32 Å². The van der Waals surface area contributed by atoms with E-state index in [0.717, 1.165) is 4.68 Å². The minimum atomic E-state index is -2.61. The van der Waals surface area contributed by atoms with Crippen molar-refractivity contribution in [2.24, 2.45) is 0 Å². The van der Waals surface area contributed by atoms with Crippen molar-refractivity contribution >= 4 is 5.91 Å². The van der Waals surface area contributed by atoms with Gasteiger partial charge in [0.05, 0.1) is 5.69 Å². The average molecular weight is 203 g/mol. The van der Waals surface area contributed by atoms with Crippen LogP contribution >= 0.6 is 0 Å². The highest BCUT2D eigenvalue weighted by atomic mass is 19.3. The van der Waals surface area contributed by atoms with E-state index in [1.807, 2.05) is 0 Å². The zero-order valence-corrected chi connectivity index (χ0v) is 7.92. The summed E-state index contributed by atoms with van der Waals surface area (Å²) in [4.78, 5) is 10.9. The molecule has 0 fully saturated rings. The second-order valence-electron chi connectivity index (χ2n) is 2.84. The van der Waals surface area contributed by atoms with Crippen LogP contribution in [0.4, 0.5) is 8.78 Å². The van der Waals surface area contributed by atoms with Crippen molar-refractivity contribution in [3.05, 3.63) is 17.5 Å². The number of nitrogens with zero attached hydrogens (tertiary/aromatic N) is 2. The summed E-state index contributed by atoms with van der Waals surface area (Å²) >= 11 is 0. The molecule has 4 nitrogen and oxygen atoms in total. The first-order valence-electron chi connectivity index (χ1n) is 4.07. The van der Waals surface area contributed by atoms with Gasteiger partial charge in [-0.25, -0.2) is 8.78 Å². The van der Waals surface area contributed by atoms with E-state index < -0.39 is 6.43 Å². The third-order valence-corrected chi connectivity index (χ3v) is 1.73. The van der Waals surface area contributed by atoms with Crippen LogP contribution in [0.5, 0.6) is 0 Å². The molecule has 78 valence electrons. The molecule has 1 aromatic heterocycles. The first kappa shape index (κ1) is 10.6. The van der Waals surface area contributed by atoms with E-state index in [4.69, 9.17) is 0 Å². The molecule has 1 amide bonds. The Morgan fingerprint density at radius 2 is 2.36 bits per heavy atom. The van der Waals surface area contributed by atoms with Crippen LogP contribution in [0, 0.1) is 6.92 Å². The molecule has 0 aliphatic carbocycles. The van der Waals surface area contributed by atoms with Crippen LogP contribution in [0.3, 0.4) is 0 Å². The second-order valence-corrected chi connectivity index (χ2v) is 2.84. The summed E-state index contributed by atoms with van der Waals surface area (Å²) in [6.45, 7) is 1.43. The van der Waals surface area contributed by atoms with Crippen molar-refractivity contribution in [3.8, 4) is 0 Å². The lowest BCUT2D eigenvalue weighted by atomic mass is 10.4. The molecule has 1 N–H and O–H groups in total. The third kappa shape index (κ3) is 2.27. The van der Waals surface area contributed by atoms with E-state index in [1.165, 1.54) is 13.1 Å². The van der Waals surface area contributed by atoms with E-state index in [1.54, 1.807) is 6.92 Å². The maximum Gasteiger partial charge on any atom is 0.280 e. The van der Waals surface area contributed by atoms with Crippen molar-refractivity contribution in [2.45, 2.75) is 19.9 Å². The molecule has 1 aromatic rings. The minimum absolute atomic E-state index is 0.177. The summed E-state index contributed by atoms with van der Waals surface area (Å²) in [5.74, 6) is -0.352. The van der Waals surface area contributed by atoms with Gasteiger partial charge in [0.2, 0.25) is 5.91 Å². The van der Waals surface area contributed by atoms with Gasteiger partial charge in [0.15, 0.2) is 0 Å². The second kappa shape index (κ2) is 4.17. The molecule has 0 aliphatic heterocycles. The third-order valence-electron chi connectivity index (χ3n) is 1.73. The summed E-state index contributed by atoms with van der Waals surface area (Å²) < 4.78 is 25.8. The van der Waals surface area contributed by atoms with Crippen LogP contribution in [0.15, 0.2) is 6.07 Å². The Morgan fingerprint density at radius 1 is 1.71 bits per heavy atom. The summed E-state index contributed by atoms with van der Waals surface area (Å²) in [7, 11) is 1.45. The van der Waals surface area contributed by atoms with E-state index in [0.29, 0.717) is 5.69 Å². The molecule has 1 heterocycles. The van der Waals surface area contributed by atoms with Gasteiger partial charge >= 0.3 is 0 Å². The Morgan fingerprint density at radius 3 is 2.86 bits per heavy atom. The van der Waals surface area contributed by atoms with Gasteiger partial charge in [-0.2, -0.15) is 5.10 Å². The summed E-state index contributed by atoms with van der Waals surface area (Å²) in [5, 5.41) is 6.14. The van der Waals surface area contributed by atoms with Gasteiger partial charge in [0.25, 0.3) is 6.43 Å². The maximum absolute atomic E-state index is 12.4. The number of aryl methyl sites for hydroxylation is 1. The highest BCUT2D eigenvalue weighted by Crippen LogP contribution is 2.19. The Bertz CT molecular complexity index is 335. The summed E-state index contributed by atoms with van der Waals surface area (Å²) in [6.07, 6.45) is -2.61. The van der Waals surface area contributed by atoms with Gasteiger partial charge in [-0.1, -0.05) is 0 Å². The molecule has 0 aliphatic rings. The predicted octanol–water partition coefficient (Wildman–Crippen LogP) is 0.875. The first-order chi connectivity index (χ1) is 6.54. The standard InChI is InChI=1S/C8H11F2N3O/c1-5-3-6(8(9)10)13(12-5)4-7(14)11-2/h3,8H,4H2,1-2H3,(H,11,14). The quantitative estimate of drug-likeness (QED) is 0.792. The van der Waals surface area contributed by atoms with Gasteiger partial charge in [-0.05, 0) is 13.0 Å². The van der Waals surface area contributed by atoms with Gasteiger partial charge in [-0.3, -0.25) is 9.48 Å². The van der Waals surface area contributed by atoms with Crippen LogP contribution in [0.2, 0.25) is 0 Å². The monoisotopic (exact) mass is 203 g/mol. The number of amides is 1. The molecule has 0 saturated heterocycles. The Labute approximate surface area is 79.9 Å². The van der Waals surface area contributed by atoms with Crippen LogP contribution < -0.4 is 5.32 Å². The van der Waals surface area contributed by atoms with E-state index in [2.05, 4.69) is 10.4 Å². The fraction of sp³-hybridized carbons (Fsp3) is 0.500. The van der Waals surface area contributed by atoms with Crippen molar-refractivity contribution in [3.63, 3.8) is 0 Å². The van der Waals surface area contributed by atoms with E-state index in [-0.39, 0.29) is 18.1 Å². The van der Waals surface area contributed by atoms with E-state index in [9.17, 15) is 13.6 Å². The number of halogens is 2. The molecular weight excluding hydrogens is 192 g/mol. The molecule has 0 unspecified atom stereocenters. The van der Waals surface area contributed by atoms with Crippen molar-refractivity contribution < 1.29 is 13.6 Å². The summed E-state index contributed by atoms with van der Waals surface area (Å²) in [6, 6.07) is 1.27. The van der Waals surface area contributed by atoms with Gasteiger partial charge in [-0.15, -0.1) is 0 Å². The maximum atomic E-state index is 12.4. The van der Waals surface area contributed by atoms with Crippen LogP contribution in [-0.2, 0) is 11.3 Å². The Balaban J connectivity index is 2.89. The SMILES string of the molecule is CNC(=O)Cn1nc(C)cc1C(F)F. The fourth-order valence-corrected chi connectivity index (χ4v) is 1.08. The van der Waals surface area contributed by atoms with Crippen molar-refractivity contribution in [1.29, 1.82) is 0 Å². The molecule has 14 heavy (non-hydrogen) atoms. The molecule has 6 heteroatoms. The molecule has 0 spiro atoms. The molecular formula is C8H11F2N3O. The normalized spacial score (nSPS) is 10.6. The topological polar surface area (TPSA) is 46.9 Å². The van der Waals surface area contributed by atoms with Gasteiger partial charge in [0, 0.05) is 7.05 Å². The average Bonchev–Trinajstić information content (AvgIpc) is 2.46. The molecule has 0 bridgehead atoms. The number of rotatable bonds is 3. The number of carbonyl (C=O) groups excluding carboxylic acids is 1. The zero-order valence-electron chi connectivity index (χ0n) is 7.92. The number of nitrogens with one attached hydrogen (secondary N) is 1. The zero-order chi connectivity index (χ0) is 10.7. The number of alkyl halides is 2. The minimum Gasteiger partial charge on any atom is -0.358 e.